The van der Waals surface area contributed by atoms with Crippen LogP contribution in [0.25, 0.3) is 0 Å². The van der Waals surface area contributed by atoms with Gasteiger partial charge in [-0.2, -0.15) is 0 Å². The smallest absolute Gasteiger partial charge is 0.306 e. The number of hydrogen-bond donors (Lipinski definition) is 0. The topological polar surface area (TPSA) is 61.8 Å². The Kier molecular flexibility index (Phi) is 46.6. The van der Waals surface area contributed by atoms with Crippen molar-refractivity contribution < 1.29 is 23.8 Å². The van der Waals surface area contributed by atoms with Crippen LogP contribution in [-0.2, 0) is 23.8 Å². The fourth-order valence-electron chi connectivity index (χ4n) is 6.02. The number of carbonyl (C=O) groups excluding carboxylic acids is 2. The molecule has 0 heterocycles. The summed E-state index contributed by atoms with van der Waals surface area (Å²) in [5.41, 5.74) is 0. The zero-order valence-corrected chi connectivity index (χ0v) is 38.7. The summed E-state index contributed by atoms with van der Waals surface area (Å²) >= 11 is 0. The summed E-state index contributed by atoms with van der Waals surface area (Å²) in [4.78, 5) is 25.3. The Morgan fingerprint density at radius 2 is 0.733 bits per heavy atom. The molecule has 0 aromatic rings. The first-order valence-corrected chi connectivity index (χ1v) is 24.1. The molecular formula is C55H88O5. The van der Waals surface area contributed by atoms with Crippen LogP contribution >= 0.6 is 0 Å². The number of allylic oxidation sites excluding steroid dienone is 20. The first-order chi connectivity index (χ1) is 29.6. The lowest BCUT2D eigenvalue weighted by molar-refractivity contribution is -0.162. The molecule has 1 atom stereocenters. The monoisotopic (exact) mass is 829 g/mol. The molecule has 0 aromatic carbocycles. The molecule has 0 aliphatic carbocycles. The Bertz CT molecular complexity index is 1260. The third kappa shape index (κ3) is 47.0. The zero-order chi connectivity index (χ0) is 43.5. The lowest BCUT2D eigenvalue weighted by atomic mass is 10.1. The predicted octanol–water partition coefficient (Wildman–Crippen LogP) is 16.2. The van der Waals surface area contributed by atoms with E-state index in [1.54, 1.807) is 0 Å². The fraction of sp³-hybridized carbons (Fsp3) is 0.600. The molecule has 0 rings (SSSR count). The van der Waals surface area contributed by atoms with Crippen molar-refractivity contribution in [2.45, 2.75) is 194 Å². The molecule has 0 N–H and O–H groups in total. The van der Waals surface area contributed by atoms with Gasteiger partial charge in [-0.1, -0.05) is 187 Å². The zero-order valence-electron chi connectivity index (χ0n) is 38.7. The van der Waals surface area contributed by atoms with Crippen LogP contribution in [0.4, 0.5) is 0 Å². The summed E-state index contributed by atoms with van der Waals surface area (Å²) in [6.07, 6.45) is 69.3. The molecule has 60 heavy (non-hydrogen) atoms. The highest BCUT2D eigenvalue weighted by Gasteiger charge is 2.17. The van der Waals surface area contributed by atoms with E-state index in [9.17, 15) is 9.59 Å². The van der Waals surface area contributed by atoms with Gasteiger partial charge < -0.3 is 14.2 Å². The average Bonchev–Trinajstić information content (AvgIpc) is 3.25. The summed E-state index contributed by atoms with van der Waals surface area (Å²) in [5, 5.41) is 0. The van der Waals surface area contributed by atoms with Gasteiger partial charge in [0.2, 0.25) is 0 Å². The maximum Gasteiger partial charge on any atom is 0.306 e. The van der Waals surface area contributed by atoms with Gasteiger partial charge in [-0.25, -0.2) is 0 Å². The summed E-state index contributed by atoms with van der Waals surface area (Å²) < 4.78 is 17.2. The van der Waals surface area contributed by atoms with Crippen molar-refractivity contribution in [1.29, 1.82) is 0 Å². The molecule has 5 nitrogen and oxygen atoms in total. The fourth-order valence-corrected chi connectivity index (χ4v) is 6.02. The van der Waals surface area contributed by atoms with Crippen LogP contribution in [0.2, 0.25) is 0 Å². The Hall–Kier alpha value is -3.70. The van der Waals surface area contributed by atoms with Gasteiger partial charge in [0, 0.05) is 19.4 Å². The quantitative estimate of drug-likeness (QED) is 0.0348. The van der Waals surface area contributed by atoms with Crippen LogP contribution in [0.1, 0.15) is 188 Å². The average molecular weight is 829 g/mol. The minimum absolute atomic E-state index is 0.0343. The Balaban J connectivity index is 4.42. The van der Waals surface area contributed by atoms with Gasteiger partial charge >= 0.3 is 11.9 Å². The van der Waals surface area contributed by atoms with Crippen molar-refractivity contribution in [2.24, 2.45) is 0 Å². The summed E-state index contributed by atoms with van der Waals surface area (Å²) in [6, 6.07) is 0. The highest BCUT2D eigenvalue weighted by atomic mass is 16.6. The van der Waals surface area contributed by atoms with E-state index >= 15 is 0 Å². The number of unbranched alkanes of at least 4 members (excludes halogenated alkanes) is 11. The summed E-state index contributed by atoms with van der Waals surface area (Å²) in [7, 11) is 0. The molecule has 0 aliphatic rings. The molecule has 0 saturated heterocycles. The largest absolute Gasteiger partial charge is 0.462 e. The second-order valence-electron chi connectivity index (χ2n) is 15.2. The van der Waals surface area contributed by atoms with Gasteiger partial charge in [0.15, 0.2) is 6.10 Å². The van der Waals surface area contributed by atoms with Crippen molar-refractivity contribution >= 4 is 11.9 Å². The number of esters is 2. The third-order valence-corrected chi connectivity index (χ3v) is 9.49. The minimum Gasteiger partial charge on any atom is -0.462 e. The molecule has 5 heteroatoms. The van der Waals surface area contributed by atoms with Gasteiger partial charge in [-0.15, -0.1) is 0 Å². The van der Waals surface area contributed by atoms with E-state index < -0.39 is 6.10 Å². The maximum absolute atomic E-state index is 12.7. The van der Waals surface area contributed by atoms with E-state index in [0.29, 0.717) is 19.4 Å². The lowest BCUT2D eigenvalue weighted by Crippen LogP contribution is -2.30. The van der Waals surface area contributed by atoms with Crippen LogP contribution in [-0.4, -0.2) is 37.9 Å². The molecule has 0 aromatic heterocycles. The molecule has 0 fully saturated rings. The molecule has 0 radical (unpaired) electrons. The summed E-state index contributed by atoms with van der Waals surface area (Å²) in [5.74, 6) is -0.526. The first-order valence-electron chi connectivity index (χ1n) is 24.1. The third-order valence-electron chi connectivity index (χ3n) is 9.49. The molecular weight excluding hydrogens is 741 g/mol. The van der Waals surface area contributed by atoms with Crippen molar-refractivity contribution in [3.63, 3.8) is 0 Å². The normalized spacial score (nSPS) is 13.3. The predicted molar refractivity (Wildman–Crippen MR) is 260 cm³/mol. The molecule has 338 valence electrons. The van der Waals surface area contributed by atoms with Crippen molar-refractivity contribution in [3.8, 4) is 0 Å². The molecule has 0 aliphatic heterocycles. The Labute approximate surface area is 369 Å². The van der Waals surface area contributed by atoms with E-state index in [-0.39, 0.29) is 31.6 Å². The van der Waals surface area contributed by atoms with Crippen LogP contribution in [0.15, 0.2) is 122 Å². The highest BCUT2D eigenvalue weighted by Crippen LogP contribution is 2.12. The van der Waals surface area contributed by atoms with Crippen LogP contribution in [0, 0.1) is 0 Å². The van der Waals surface area contributed by atoms with E-state index in [1.807, 2.05) is 6.08 Å². The molecule has 0 amide bonds. The standard InChI is InChI=1S/C55H88O5/c1-4-7-10-13-16-19-22-25-27-28-29-31-33-36-39-42-45-48-54(56)59-52-53(51-58-50-47-44-41-38-35-32-26-23-20-17-14-11-8-5-2)60-55(57)49-46-43-40-37-34-30-24-21-18-15-12-9-6-3/h7-12,16-21,25-27,30,32,34,40,43,53H,4-6,13-15,22-24,28-29,31,33,35-39,41-42,44-52H2,1-3H3/b10-7-,11-8-,12-9-,19-16-,20-17-,21-18-,27-25-,32-26-,34-30-,43-40-. The van der Waals surface area contributed by atoms with Crippen LogP contribution in [0.5, 0.6) is 0 Å². The van der Waals surface area contributed by atoms with Gasteiger partial charge in [-0.3, -0.25) is 9.59 Å². The summed E-state index contributed by atoms with van der Waals surface area (Å²) in [6.45, 7) is 7.33. The molecule has 0 bridgehead atoms. The molecule has 1 unspecified atom stereocenters. The van der Waals surface area contributed by atoms with Gasteiger partial charge in [0.05, 0.1) is 6.61 Å². The maximum atomic E-state index is 12.7. The van der Waals surface area contributed by atoms with Crippen molar-refractivity contribution in [3.05, 3.63) is 122 Å². The van der Waals surface area contributed by atoms with Gasteiger partial charge in [0.1, 0.15) is 6.61 Å². The number of hydrogen-bond acceptors (Lipinski definition) is 5. The second-order valence-corrected chi connectivity index (χ2v) is 15.2. The van der Waals surface area contributed by atoms with Crippen LogP contribution < -0.4 is 0 Å². The highest BCUT2D eigenvalue weighted by molar-refractivity contribution is 5.70. The number of ether oxygens (including phenoxy) is 3. The minimum atomic E-state index is -0.597. The van der Waals surface area contributed by atoms with E-state index in [4.69, 9.17) is 14.2 Å². The first kappa shape index (κ1) is 56.3. The van der Waals surface area contributed by atoms with Gasteiger partial charge in [0.25, 0.3) is 0 Å². The number of carbonyl (C=O) groups is 2. The Morgan fingerprint density at radius 3 is 1.18 bits per heavy atom. The van der Waals surface area contributed by atoms with E-state index in [1.165, 1.54) is 32.1 Å². The van der Waals surface area contributed by atoms with E-state index in [0.717, 1.165) is 116 Å². The molecule has 0 saturated carbocycles. The molecule has 0 spiro atoms. The van der Waals surface area contributed by atoms with Crippen LogP contribution in [0.3, 0.4) is 0 Å². The second kappa shape index (κ2) is 49.7. The van der Waals surface area contributed by atoms with Crippen molar-refractivity contribution in [2.75, 3.05) is 19.8 Å². The number of rotatable bonds is 42. The van der Waals surface area contributed by atoms with Crippen molar-refractivity contribution in [1.82, 2.24) is 0 Å². The lowest BCUT2D eigenvalue weighted by Gasteiger charge is -2.18. The van der Waals surface area contributed by atoms with Gasteiger partial charge in [-0.05, 0) is 109 Å². The van der Waals surface area contributed by atoms with E-state index in [2.05, 4.69) is 136 Å². The SMILES string of the molecule is CC/C=C\C/C=C\C/C=C\C/C=C\CCC(=O)OC(COCCCCCC/C=C\C/C=C\C/C=C\CC)COC(=O)CCCCCCCCC/C=C\C/C=C\C/C=C\CC. The Morgan fingerprint density at radius 1 is 0.367 bits per heavy atom.